The Labute approximate surface area is 103 Å². The van der Waals surface area contributed by atoms with E-state index in [1.807, 2.05) is 12.1 Å². The molecule has 0 aliphatic rings. The second kappa shape index (κ2) is 6.14. The first-order valence-electron chi connectivity index (χ1n) is 5.75. The van der Waals surface area contributed by atoms with Crippen LogP contribution in [-0.2, 0) is 16.3 Å². The van der Waals surface area contributed by atoms with Crippen LogP contribution in [0.15, 0.2) is 29.2 Å². The van der Waals surface area contributed by atoms with Crippen LogP contribution in [0.4, 0.5) is 0 Å². The molecule has 0 bridgehead atoms. The third kappa shape index (κ3) is 3.80. The van der Waals surface area contributed by atoms with Crippen LogP contribution < -0.4 is 11.5 Å². The van der Waals surface area contributed by atoms with Crippen LogP contribution in [0.25, 0.3) is 0 Å². The number of benzene rings is 1. The molecule has 0 saturated carbocycles. The molecule has 4 nitrogen and oxygen atoms in total. The number of sulfone groups is 1. The van der Waals surface area contributed by atoms with Crippen LogP contribution in [0, 0.1) is 5.92 Å². The van der Waals surface area contributed by atoms with Gasteiger partial charge in [0, 0.05) is 0 Å². The molecule has 17 heavy (non-hydrogen) atoms. The first-order chi connectivity index (χ1) is 8.03. The van der Waals surface area contributed by atoms with Gasteiger partial charge in [0.1, 0.15) is 0 Å². The summed E-state index contributed by atoms with van der Waals surface area (Å²) < 4.78 is 23.2. The van der Waals surface area contributed by atoms with Crippen molar-refractivity contribution in [2.24, 2.45) is 17.4 Å². The quantitative estimate of drug-likeness (QED) is 0.778. The zero-order valence-electron chi connectivity index (χ0n) is 10.1. The summed E-state index contributed by atoms with van der Waals surface area (Å²) >= 11 is 0. The lowest BCUT2D eigenvalue weighted by Gasteiger charge is -2.12. The lowest BCUT2D eigenvalue weighted by molar-refractivity contribution is 0.548. The van der Waals surface area contributed by atoms with Crippen LogP contribution >= 0.6 is 0 Å². The highest BCUT2D eigenvalue weighted by Gasteiger charge is 2.11. The van der Waals surface area contributed by atoms with Gasteiger partial charge < -0.3 is 11.5 Å². The molecule has 0 heterocycles. The maximum absolute atomic E-state index is 11.6. The van der Waals surface area contributed by atoms with Gasteiger partial charge in [0.25, 0.3) is 0 Å². The zero-order chi connectivity index (χ0) is 12.9. The van der Waals surface area contributed by atoms with E-state index >= 15 is 0 Å². The Morgan fingerprint density at radius 3 is 2.06 bits per heavy atom. The summed E-state index contributed by atoms with van der Waals surface area (Å²) in [5.74, 6) is 0.379. The number of hydrogen-bond acceptors (Lipinski definition) is 4. The molecule has 5 heteroatoms. The van der Waals surface area contributed by atoms with Gasteiger partial charge in [-0.2, -0.15) is 0 Å². The molecule has 0 unspecified atom stereocenters. The molecule has 1 rings (SSSR count). The lowest BCUT2D eigenvalue weighted by atomic mass is 10.00. The fourth-order valence-corrected chi connectivity index (χ4v) is 2.48. The topological polar surface area (TPSA) is 86.2 Å². The molecule has 0 fully saturated rings. The van der Waals surface area contributed by atoms with Crippen molar-refractivity contribution in [2.45, 2.75) is 18.2 Å². The minimum atomic E-state index is -3.10. The Morgan fingerprint density at radius 2 is 1.65 bits per heavy atom. The molecule has 0 amide bonds. The number of rotatable bonds is 6. The minimum Gasteiger partial charge on any atom is -0.330 e. The Morgan fingerprint density at radius 1 is 1.12 bits per heavy atom. The largest absolute Gasteiger partial charge is 0.330 e. The summed E-state index contributed by atoms with van der Waals surface area (Å²) in [6.07, 6.45) is 0.791. The Kier molecular flexibility index (Phi) is 5.11. The fraction of sp³-hybridized carbons (Fsp3) is 0.500. The van der Waals surface area contributed by atoms with Gasteiger partial charge in [0.05, 0.1) is 10.6 Å². The van der Waals surface area contributed by atoms with Crippen molar-refractivity contribution >= 4 is 9.84 Å². The molecule has 0 radical (unpaired) electrons. The maximum Gasteiger partial charge on any atom is 0.178 e. The van der Waals surface area contributed by atoms with Crippen LogP contribution in [0.3, 0.4) is 0 Å². The van der Waals surface area contributed by atoms with E-state index in [0.29, 0.717) is 18.0 Å². The van der Waals surface area contributed by atoms with E-state index in [1.54, 1.807) is 19.1 Å². The monoisotopic (exact) mass is 256 g/mol. The minimum absolute atomic E-state index is 0.126. The predicted octanol–water partition coefficient (Wildman–Crippen LogP) is 0.556. The van der Waals surface area contributed by atoms with Crippen molar-refractivity contribution in [3.05, 3.63) is 29.8 Å². The van der Waals surface area contributed by atoms with Gasteiger partial charge in [-0.3, -0.25) is 0 Å². The molecule has 96 valence electrons. The highest BCUT2D eigenvalue weighted by Crippen LogP contribution is 2.14. The third-order valence-corrected chi connectivity index (χ3v) is 4.60. The number of nitrogens with two attached hydrogens (primary N) is 2. The Bertz CT molecular complexity index is 436. The second-order valence-electron chi connectivity index (χ2n) is 4.09. The van der Waals surface area contributed by atoms with E-state index in [9.17, 15) is 8.42 Å². The van der Waals surface area contributed by atoms with Crippen molar-refractivity contribution in [3.8, 4) is 0 Å². The molecule has 4 N–H and O–H groups in total. The van der Waals surface area contributed by atoms with E-state index in [2.05, 4.69) is 0 Å². The summed E-state index contributed by atoms with van der Waals surface area (Å²) in [7, 11) is -3.10. The van der Waals surface area contributed by atoms with Crippen molar-refractivity contribution in [3.63, 3.8) is 0 Å². The Hall–Kier alpha value is -0.910. The summed E-state index contributed by atoms with van der Waals surface area (Å²) in [5, 5.41) is 0. The van der Waals surface area contributed by atoms with Crippen molar-refractivity contribution in [2.75, 3.05) is 18.8 Å². The lowest BCUT2D eigenvalue weighted by Crippen LogP contribution is -2.25. The van der Waals surface area contributed by atoms with Gasteiger partial charge in [-0.15, -0.1) is 0 Å². The molecular formula is C12H20N2O2S. The van der Waals surface area contributed by atoms with E-state index < -0.39 is 9.84 Å². The summed E-state index contributed by atoms with van der Waals surface area (Å²) in [6, 6.07) is 6.97. The van der Waals surface area contributed by atoms with E-state index in [0.717, 1.165) is 12.0 Å². The van der Waals surface area contributed by atoms with Gasteiger partial charge in [0.15, 0.2) is 9.84 Å². The van der Waals surface area contributed by atoms with Crippen LogP contribution in [0.5, 0.6) is 0 Å². The van der Waals surface area contributed by atoms with Gasteiger partial charge in [0.2, 0.25) is 0 Å². The molecular weight excluding hydrogens is 236 g/mol. The van der Waals surface area contributed by atoms with Gasteiger partial charge in [-0.1, -0.05) is 19.1 Å². The first-order valence-corrected chi connectivity index (χ1v) is 7.40. The van der Waals surface area contributed by atoms with E-state index in [1.165, 1.54) is 0 Å². The normalized spacial score (nSPS) is 12.0. The average molecular weight is 256 g/mol. The molecule has 1 aromatic carbocycles. The zero-order valence-corrected chi connectivity index (χ0v) is 10.9. The fourth-order valence-electron chi connectivity index (χ4n) is 1.60. The molecule has 0 aliphatic heterocycles. The molecule has 1 aromatic rings. The van der Waals surface area contributed by atoms with Gasteiger partial charge >= 0.3 is 0 Å². The highest BCUT2D eigenvalue weighted by atomic mass is 32.2. The number of hydrogen-bond donors (Lipinski definition) is 2. The summed E-state index contributed by atoms with van der Waals surface area (Å²) in [6.45, 7) is 2.74. The van der Waals surface area contributed by atoms with Crippen LogP contribution in [-0.4, -0.2) is 27.3 Å². The van der Waals surface area contributed by atoms with Crippen molar-refractivity contribution < 1.29 is 8.42 Å². The summed E-state index contributed by atoms with van der Waals surface area (Å²) in [5.41, 5.74) is 12.2. The predicted molar refractivity (Wildman–Crippen MR) is 69.5 cm³/mol. The van der Waals surface area contributed by atoms with Gasteiger partial charge in [-0.25, -0.2) is 8.42 Å². The smallest absolute Gasteiger partial charge is 0.178 e. The molecule has 0 saturated heterocycles. The Balaban J connectivity index is 2.82. The second-order valence-corrected chi connectivity index (χ2v) is 6.37. The standard InChI is InChI=1S/C12H20N2O2S/c1-2-17(15,16)12-5-3-10(4-6-12)7-11(8-13)9-14/h3-6,11H,2,7-9,13-14H2,1H3. The SMILES string of the molecule is CCS(=O)(=O)c1ccc(CC(CN)CN)cc1. The van der Waals surface area contributed by atoms with Crippen LogP contribution in [0.2, 0.25) is 0 Å². The van der Waals surface area contributed by atoms with E-state index in [-0.39, 0.29) is 11.7 Å². The molecule has 0 aliphatic carbocycles. The summed E-state index contributed by atoms with van der Waals surface area (Å²) in [4.78, 5) is 0.376. The van der Waals surface area contributed by atoms with Crippen molar-refractivity contribution in [1.82, 2.24) is 0 Å². The van der Waals surface area contributed by atoms with Gasteiger partial charge in [-0.05, 0) is 43.1 Å². The molecule has 0 spiro atoms. The van der Waals surface area contributed by atoms with Crippen LogP contribution in [0.1, 0.15) is 12.5 Å². The maximum atomic E-state index is 11.6. The third-order valence-electron chi connectivity index (χ3n) is 2.85. The van der Waals surface area contributed by atoms with Crippen molar-refractivity contribution in [1.29, 1.82) is 0 Å². The first kappa shape index (κ1) is 14.2. The molecule has 0 atom stereocenters. The highest BCUT2D eigenvalue weighted by molar-refractivity contribution is 7.91. The van der Waals surface area contributed by atoms with E-state index in [4.69, 9.17) is 11.5 Å². The average Bonchev–Trinajstić information content (AvgIpc) is 2.36. The molecule has 0 aromatic heterocycles.